The number of rotatable bonds is 9. The second-order valence-electron chi connectivity index (χ2n) is 7.73. The standard InChI is InChI=1S/C22H23Cl3F3N3O4S/c1-4-18(21(33)29-2)30(11-13-5-7-15(23)10-17(13)25)20(32)12-31(36(3,34)35)19-9-14(22(26,27)28)6-8-16(19)24/h5-10,18H,4,11-12H2,1-3H3,(H,29,33)/t18-/m1/s1. The highest BCUT2D eigenvalue weighted by Gasteiger charge is 2.35. The van der Waals surface area contributed by atoms with Crippen LogP contribution in [-0.2, 0) is 32.3 Å². The number of hydrogen-bond acceptors (Lipinski definition) is 4. The number of carbonyl (C=O) groups is 2. The van der Waals surface area contributed by atoms with E-state index in [1.807, 2.05) is 0 Å². The Morgan fingerprint density at radius 2 is 1.69 bits per heavy atom. The summed E-state index contributed by atoms with van der Waals surface area (Å²) in [5.41, 5.74) is -1.26. The van der Waals surface area contributed by atoms with Gasteiger partial charge in [-0.2, -0.15) is 13.2 Å². The van der Waals surface area contributed by atoms with Gasteiger partial charge in [-0.25, -0.2) is 8.42 Å². The van der Waals surface area contributed by atoms with Crippen molar-refractivity contribution in [3.05, 3.63) is 62.6 Å². The van der Waals surface area contributed by atoms with Crippen LogP contribution < -0.4 is 9.62 Å². The van der Waals surface area contributed by atoms with Gasteiger partial charge in [0.15, 0.2) is 0 Å². The molecule has 14 heteroatoms. The van der Waals surface area contributed by atoms with Crippen molar-refractivity contribution in [2.75, 3.05) is 24.2 Å². The van der Waals surface area contributed by atoms with Gasteiger partial charge < -0.3 is 10.2 Å². The van der Waals surface area contributed by atoms with Gasteiger partial charge in [-0.05, 0) is 42.3 Å². The number of likely N-dealkylation sites (N-methyl/N-ethyl adjacent to an activating group) is 1. The van der Waals surface area contributed by atoms with Crippen molar-refractivity contribution in [2.45, 2.75) is 32.1 Å². The van der Waals surface area contributed by atoms with E-state index in [2.05, 4.69) is 5.32 Å². The Hall–Kier alpha value is -2.21. The second-order valence-corrected chi connectivity index (χ2v) is 10.9. The van der Waals surface area contributed by atoms with Gasteiger partial charge >= 0.3 is 6.18 Å². The average Bonchev–Trinajstić information content (AvgIpc) is 2.77. The number of amides is 2. The molecule has 0 bridgehead atoms. The molecule has 0 saturated heterocycles. The lowest BCUT2D eigenvalue weighted by Crippen LogP contribution is -2.51. The van der Waals surface area contributed by atoms with Gasteiger partial charge in [0.25, 0.3) is 0 Å². The Morgan fingerprint density at radius 3 is 2.19 bits per heavy atom. The quantitative estimate of drug-likeness (QED) is 0.448. The number of anilines is 1. The molecular formula is C22H23Cl3F3N3O4S. The van der Waals surface area contributed by atoms with Crippen LogP contribution in [0.25, 0.3) is 0 Å². The number of carbonyl (C=O) groups excluding carboxylic acids is 2. The molecule has 0 fully saturated rings. The van der Waals surface area contributed by atoms with Gasteiger partial charge in [0, 0.05) is 23.6 Å². The summed E-state index contributed by atoms with van der Waals surface area (Å²) in [6.45, 7) is 0.523. The highest BCUT2D eigenvalue weighted by molar-refractivity contribution is 7.92. The number of alkyl halides is 3. The molecule has 0 unspecified atom stereocenters. The molecule has 0 aliphatic heterocycles. The monoisotopic (exact) mass is 587 g/mol. The maximum atomic E-state index is 13.5. The van der Waals surface area contributed by atoms with E-state index in [0.717, 1.165) is 17.2 Å². The zero-order chi connectivity index (χ0) is 27.4. The predicted molar refractivity (Wildman–Crippen MR) is 134 cm³/mol. The molecule has 0 saturated carbocycles. The van der Waals surface area contributed by atoms with Crippen LogP contribution in [0.3, 0.4) is 0 Å². The molecule has 1 N–H and O–H groups in total. The predicted octanol–water partition coefficient (Wildman–Crippen LogP) is 4.99. The topological polar surface area (TPSA) is 86.8 Å². The van der Waals surface area contributed by atoms with Crippen LogP contribution in [0.5, 0.6) is 0 Å². The van der Waals surface area contributed by atoms with Crippen molar-refractivity contribution in [3.63, 3.8) is 0 Å². The van der Waals surface area contributed by atoms with Crippen LogP contribution >= 0.6 is 34.8 Å². The summed E-state index contributed by atoms with van der Waals surface area (Å²) in [6, 6.07) is 5.61. The van der Waals surface area contributed by atoms with Gasteiger partial charge in [0.2, 0.25) is 21.8 Å². The van der Waals surface area contributed by atoms with Gasteiger partial charge in [0.05, 0.1) is 22.5 Å². The summed E-state index contributed by atoms with van der Waals surface area (Å²) < 4.78 is 65.5. The second kappa shape index (κ2) is 11.9. The van der Waals surface area contributed by atoms with Crippen molar-refractivity contribution in [2.24, 2.45) is 0 Å². The summed E-state index contributed by atoms with van der Waals surface area (Å²) >= 11 is 18.2. The molecule has 0 radical (unpaired) electrons. The van der Waals surface area contributed by atoms with E-state index in [0.29, 0.717) is 27.0 Å². The lowest BCUT2D eigenvalue weighted by molar-refractivity contribution is -0.140. The minimum absolute atomic E-state index is 0.153. The SMILES string of the molecule is CC[C@H](C(=O)NC)N(Cc1ccc(Cl)cc1Cl)C(=O)CN(c1cc(C(F)(F)F)ccc1Cl)S(C)(=O)=O. The Labute approximate surface area is 222 Å². The maximum Gasteiger partial charge on any atom is 0.416 e. The third kappa shape index (κ3) is 7.41. The molecule has 198 valence electrons. The lowest BCUT2D eigenvalue weighted by Gasteiger charge is -2.33. The Bertz CT molecular complexity index is 1240. The molecule has 0 heterocycles. The zero-order valence-corrected chi connectivity index (χ0v) is 22.5. The molecule has 7 nitrogen and oxygen atoms in total. The summed E-state index contributed by atoms with van der Waals surface area (Å²) in [5, 5.41) is 2.67. The molecule has 36 heavy (non-hydrogen) atoms. The fraction of sp³-hybridized carbons (Fsp3) is 0.364. The summed E-state index contributed by atoms with van der Waals surface area (Å²) in [4.78, 5) is 27.1. The van der Waals surface area contributed by atoms with Crippen LogP contribution in [0, 0.1) is 0 Å². The average molecular weight is 589 g/mol. The molecule has 2 aromatic rings. The Morgan fingerprint density at radius 1 is 1.06 bits per heavy atom. The van der Waals surface area contributed by atoms with Gasteiger partial charge in [-0.3, -0.25) is 13.9 Å². The van der Waals surface area contributed by atoms with Crippen molar-refractivity contribution in [1.29, 1.82) is 0 Å². The first-order valence-corrected chi connectivity index (χ1v) is 13.4. The molecule has 0 spiro atoms. The van der Waals surface area contributed by atoms with E-state index in [4.69, 9.17) is 34.8 Å². The summed E-state index contributed by atoms with van der Waals surface area (Å²) in [7, 11) is -2.92. The maximum absolute atomic E-state index is 13.5. The molecular weight excluding hydrogens is 566 g/mol. The van der Waals surface area contributed by atoms with Crippen LogP contribution in [0.1, 0.15) is 24.5 Å². The fourth-order valence-corrected chi connectivity index (χ4v) is 4.99. The van der Waals surface area contributed by atoms with Crippen molar-refractivity contribution < 1.29 is 31.2 Å². The summed E-state index contributed by atoms with van der Waals surface area (Å²) in [6.07, 6.45) is -3.90. The number of hydrogen-bond donors (Lipinski definition) is 1. The normalized spacial score (nSPS) is 12.7. The first-order valence-electron chi connectivity index (χ1n) is 10.4. The third-order valence-corrected chi connectivity index (χ3v) is 7.24. The highest BCUT2D eigenvalue weighted by Crippen LogP contribution is 2.36. The first kappa shape index (κ1) is 30.0. The Kier molecular flexibility index (Phi) is 9.91. The van der Waals surface area contributed by atoms with E-state index in [1.54, 1.807) is 13.0 Å². The third-order valence-electron chi connectivity index (χ3n) is 5.21. The van der Waals surface area contributed by atoms with Gasteiger partial charge in [0.1, 0.15) is 12.6 Å². The first-order chi connectivity index (χ1) is 16.6. The van der Waals surface area contributed by atoms with E-state index in [1.165, 1.54) is 19.2 Å². The van der Waals surface area contributed by atoms with Gasteiger partial charge in [-0.15, -0.1) is 0 Å². The van der Waals surface area contributed by atoms with E-state index >= 15 is 0 Å². The number of sulfonamides is 1. The number of halogens is 6. The van der Waals surface area contributed by atoms with Crippen molar-refractivity contribution >= 4 is 62.3 Å². The van der Waals surface area contributed by atoms with E-state index in [9.17, 15) is 31.2 Å². The van der Waals surface area contributed by atoms with Crippen LogP contribution in [-0.4, -0.2) is 51.0 Å². The zero-order valence-electron chi connectivity index (χ0n) is 19.4. The highest BCUT2D eigenvalue weighted by atomic mass is 35.5. The molecule has 2 rings (SSSR count). The van der Waals surface area contributed by atoms with Crippen LogP contribution in [0.2, 0.25) is 15.1 Å². The van der Waals surface area contributed by atoms with Crippen LogP contribution in [0.15, 0.2) is 36.4 Å². The molecule has 2 aromatic carbocycles. The van der Waals surface area contributed by atoms with Crippen LogP contribution in [0.4, 0.5) is 18.9 Å². The number of nitrogens with zero attached hydrogens (tertiary/aromatic N) is 2. The summed E-state index contributed by atoms with van der Waals surface area (Å²) in [5.74, 6) is -1.39. The molecule has 1 atom stereocenters. The minimum atomic E-state index is -4.78. The van der Waals surface area contributed by atoms with E-state index in [-0.39, 0.29) is 23.0 Å². The van der Waals surface area contributed by atoms with Crippen molar-refractivity contribution in [1.82, 2.24) is 10.2 Å². The molecule has 0 aliphatic carbocycles. The molecule has 2 amide bonds. The molecule has 0 aromatic heterocycles. The number of benzene rings is 2. The van der Waals surface area contributed by atoms with Gasteiger partial charge in [-0.1, -0.05) is 47.8 Å². The Balaban J connectivity index is 2.56. The fourth-order valence-electron chi connectivity index (χ4n) is 3.39. The minimum Gasteiger partial charge on any atom is -0.357 e. The van der Waals surface area contributed by atoms with Crippen molar-refractivity contribution in [3.8, 4) is 0 Å². The smallest absolute Gasteiger partial charge is 0.357 e. The molecule has 0 aliphatic rings. The largest absolute Gasteiger partial charge is 0.416 e. The van der Waals surface area contributed by atoms with E-state index < -0.39 is 51.9 Å². The lowest BCUT2D eigenvalue weighted by atomic mass is 10.1. The number of nitrogens with one attached hydrogen (secondary N) is 1.